The molecule has 0 spiro atoms. The minimum absolute atomic E-state index is 0.103. The number of ether oxygens (including phenoxy) is 2. The summed E-state index contributed by atoms with van der Waals surface area (Å²) in [7, 11) is 1.49. The van der Waals surface area contributed by atoms with Gasteiger partial charge < -0.3 is 9.47 Å². The van der Waals surface area contributed by atoms with Crippen LogP contribution in [-0.4, -0.2) is 27.7 Å². The Morgan fingerprint density at radius 1 is 1.32 bits per heavy atom. The molecular formula is C11H11BrCl2O4S. The van der Waals surface area contributed by atoms with E-state index in [9.17, 15) is 8.42 Å². The molecule has 0 unspecified atom stereocenters. The molecule has 0 N–H and O–H groups in total. The van der Waals surface area contributed by atoms with Crippen LogP contribution in [0, 0.1) is 0 Å². The lowest BCUT2D eigenvalue weighted by molar-refractivity contribution is 0.0244. The van der Waals surface area contributed by atoms with Crippen LogP contribution >= 0.6 is 38.2 Å². The second-order valence-corrected chi connectivity index (χ2v) is 7.94. The molecule has 1 aromatic carbocycles. The monoisotopic (exact) mass is 388 g/mol. The minimum atomic E-state index is -3.93. The fraction of sp³-hybridized carbons (Fsp3) is 0.455. The van der Waals surface area contributed by atoms with Crippen molar-refractivity contribution in [2.24, 2.45) is 0 Å². The molecule has 0 saturated carbocycles. The molecule has 0 radical (unpaired) electrons. The Bertz CT molecular complexity index is 570. The Balaban J connectivity index is 2.37. The van der Waals surface area contributed by atoms with Crippen molar-refractivity contribution in [1.82, 2.24) is 0 Å². The number of hydrogen-bond acceptors (Lipinski definition) is 4. The molecule has 0 amide bonds. The largest absolute Gasteiger partial charge is 0.487 e. The van der Waals surface area contributed by atoms with Gasteiger partial charge in [-0.05, 0) is 12.1 Å². The van der Waals surface area contributed by atoms with E-state index >= 15 is 0 Å². The third-order valence-corrected chi connectivity index (χ3v) is 4.76. The summed E-state index contributed by atoms with van der Waals surface area (Å²) >= 11 is 9.23. The summed E-state index contributed by atoms with van der Waals surface area (Å²) in [5.74, 6) is 0.103. The van der Waals surface area contributed by atoms with Crippen molar-refractivity contribution in [3.05, 3.63) is 21.6 Å². The van der Waals surface area contributed by atoms with Crippen LogP contribution in [0.25, 0.3) is 0 Å². The zero-order valence-electron chi connectivity index (χ0n) is 9.74. The van der Waals surface area contributed by atoms with E-state index < -0.39 is 9.05 Å². The highest BCUT2D eigenvalue weighted by molar-refractivity contribution is 9.10. The fourth-order valence-electron chi connectivity index (χ4n) is 1.79. The molecule has 2 rings (SSSR count). The van der Waals surface area contributed by atoms with Gasteiger partial charge in [0, 0.05) is 28.0 Å². The molecule has 1 aliphatic heterocycles. The third kappa shape index (κ3) is 3.98. The SMILES string of the molecule is O=S(=O)(Cl)c1cc(Br)cc(Cl)c1OC1CCOCC1. The molecule has 4 nitrogen and oxygen atoms in total. The van der Waals surface area contributed by atoms with Crippen molar-refractivity contribution in [2.75, 3.05) is 13.2 Å². The van der Waals surface area contributed by atoms with Crippen LogP contribution in [0.15, 0.2) is 21.5 Å². The lowest BCUT2D eigenvalue weighted by Gasteiger charge is -2.24. The van der Waals surface area contributed by atoms with Gasteiger partial charge in [-0.25, -0.2) is 8.42 Å². The van der Waals surface area contributed by atoms with Crippen LogP contribution in [0.3, 0.4) is 0 Å². The Labute approximate surface area is 129 Å². The van der Waals surface area contributed by atoms with Crippen molar-refractivity contribution < 1.29 is 17.9 Å². The molecule has 8 heteroatoms. The van der Waals surface area contributed by atoms with Gasteiger partial charge in [0.15, 0.2) is 5.75 Å². The van der Waals surface area contributed by atoms with Crippen molar-refractivity contribution in [1.29, 1.82) is 0 Å². The number of benzene rings is 1. The van der Waals surface area contributed by atoms with Crippen molar-refractivity contribution >= 4 is 47.3 Å². The lowest BCUT2D eigenvalue weighted by atomic mass is 10.1. The summed E-state index contributed by atoms with van der Waals surface area (Å²) in [6.07, 6.45) is 1.26. The molecular weight excluding hydrogens is 379 g/mol. The topological polar surface area (TPSA) is 52.6 Å². The highest BCUT2D eigenvalue weighted by Gasteiger charge is 2.24. The van der Waals surface area contributed by atoms with Crippen molar-refractivity contribution in [3.8, 4) is 5.75 Å². The second kappa shape index (κ2) is 6.18. The van der Waals surface area contributed by atoms with Crippen LogP contribution in [0.1, 0.15) is 12.8 Å². The average molecular weight is 390 g/mol. The summed E-state index contributed by atoms with van der Waals surface area (Å²) in [6, 6.07) is 2.95. The van der Waals surface area contributed by atoms with Gasteiger partial charge in [0.2, 0.25) is 0 Å². The number of hydrogen-bond donors (Lipinski definition) is 0. The predicted octanol–water partition coefficient (Wildman–Crippen LogP) is 3.59. The summed E-state index contributed by atoms with van der Waals surface area (Å²) in [5, 5.41) is 0.208. The zero-order valence-corrected chi connectivity index (χ0v) is 13.6. The summed E-state index contributed by atoms with van der Waals surface area (Å²) < 4.78 is 34.6. The third-order valence-electron chi connectivity index (χ3n) is 2.69. The van der Waals surface area contributed by atoms with Crippen molar-refractivity contribution in [3.63, 3.8) is 0 Å². The predicted molar refractivity (Wildman–Crippen MR) is 76.7 cm³/mol. The maximum absolute atomic E-state index is 11.6. The van der Waals surface area contributed by atoms with Crippen LogP contribution in [0.5, 0.6) is 5.75 Å². The van der Waals surface area contributed by atoms with Gasteiger partial charge in [-0.15, -0.1) is 0 Å². The maximum Gasteiger partial charge on any atom is 0.265 e. The summed E-state index contributed by atoms with van der Waals surface area (Å²) in [4.78, 5) is -0.125. The molecule has 0 aliphatic carbocycles. The van der Waals surface area contributed by atoms with E-state index in [0.717, 1.165) is 0 Å². The molecule has 0 aromatic heterocycles. The summed E-state index contributed by atoms with van der Waals surface area (Å²) in [5.41, 5.74) is 0. The molecule has 1 fully saturated rings. The summed E-state index contributed by atoms with van der Waals surface area (Å²) in [6.45, 7) is 1.17. The van der Waals surface area contributed by atoms with Crippen LogP contribution in [0.4, 0.5) is 0 Å². The quantitative estimate of drug-likeness (QED) is 0.741. The van der Waals surface area contributed by atoms with Crippen LogP contribution in [0.2, 0.25) is 5.02 Å². The van der Waals surface area contributed by atoms with Crippen LogP contribution < -0.4 is 4.74 Å². The standard InChI is InChI=1S/C11H11BrCl2O4S/c12-7-5-9(13)11(10(6-7)19(14,15)16)18-8-1-3-17-4-2-8/h5-6,8H,1-4H2. The molecule has 0 bridgehead atoms. The first-order valence-electron chi connectivity index (χ1n) is 5.56. The van der Waals surface area contributed by atoms with Gasteiger partial charge in [0.25, 0.3) is 9.05 Å². The van der Waals surface area contributed by atoms with E-state index in [1.807, 2.05) is 0 Å². The highest BCUT2D eigenvalue weighted by Crippen LogP contribution is 2.38. The zero-order chi connectivity index (χ0) is 14.0. The van der Waals surface area contributed by atoms with E-state index in [2.05, 4.69) is 15.9 Å². The normalized spacial score (nSPS) is 17.4. The number of halogens is 3. The number of rotatable bonds is 3. The fourth-order valence-corrected chi connectivity index (χ4v) is 3.84. The lowest BCUT2D eigenvalue weighted by Crippen LogP contribution is -2.26. The maximum atomic E-state index is 11.6. The Morgan fingerprint density at radius 3 is 2.53 bits per heavy atom. The minimum Gasteiger partial charge on any atom is -0.487 e. The first kappa shape index (κ1) is 15.4. The smallest absolute Gasteiger partial charge is 0.265 e. The van der Waals surface area contributed by atoms with Gasteiger partial charge in [0.05, 0.1) is 18.2 Å². The first-order chi connectivity index (χ1) is 8.88. The Kier molecular flexibility index (Phi) is 5.00. The molecule has 1 aromatic rings. The molecule has 1 aliphatic rings. The molecule has 1 saturated heterocycles. The van der Waals surface area contributed by atoms with Gasteiger partial charge in [-0.2, -0.15) is 0 Å². The Hall–Kier alpha value is -0.0100. The van der Waals surface area contributed by atoms with Crippen LogP contribution in [-0.2, 0) is 13.8 Å². The van der Waals surface area contributed by atoms with Gasteiger partial charge >= 0.3 is 0 Å². The molecule has 106 valence electrons. The average Bonchev–Trinajstić information content (AvgIpc) is 2.32. The second-order valence-electron chi connectivity index (χ2n) is 4.08. The molecule has 1 heterocycles. The first-order valence-corrected chi connectivity index (χ1v) is 9.04. The van der Waals surface area contributed by atoms with E-state index in [4.69, 9.17) is 31.8 Å². The van der Waals surface area contributed by atoms with Gasteiger partial charge in [0.1, 0.15) is 11.0 Å². The van der Waals surface area contributed by atoms with E-state index in [1.54, 1.807) is 6.07 Å². The van der Waals surface area contributed by atoms with Crippen molar-refractivity contribution in [2.45, 2.75) is 23.8 Å². The van der Waals surface area contributed by atoms with E-state index in [-0.39, 0.29) is 21.8 Å². The highest BCUT2D eigenvalue weighted by atomic mass is 79.9. The molecule has 19 heavy (non-hydrogen) atoms. The van der Waals surface area contributed by atoms with E-state index in [0.29, 0.717) is 30.5 Å². The molecule has 0 atom stereocenters. The Morgan fingerprint density at radius 2 is 1.95 bits per heavy atom. The van der Waals surface area contributed by atoms with E-state index in [1.165, 1.54) is 6.07 Å². The van der Waals surface area contributed by atoms with Gasteiger partial charge in [-0.1, -0.05) is 27.5 Å². The van der Waals surface area contributed by atoms with Gasteiger partial charge in [-0.3, -0.25) is 0 Å².